The molecule has 13 heavy (non-hydrogen) atoms. The summed E-state index contributed by atoms with van der Waals surface area (Å²) in [6.45, 7) is 3.71. The second kappa shape index (κ2) is 4.78. The van der Waals surface area contributed by atoms with Crippen LogP contribution in [0.15, 0.2) is 35.6 Å². The number of hydrogen-bond acceptors (Lipinski definition) is 2. The number of aromatic nitrogens is 1. The van der Waals surface area contributed by atoms with Crippen molar-refractivity contribution in [2.75, 3.05) is 0 Å². The van der Waals surface area contributed by atoms with E-state index < -0.39 is 0 Å². The summed E-state index contributed by atoms with van der Waals surface area (Å²) in [6.07, 6.45) is 4.03. The van der Waals surface area contributed by atoms with Crippen LogP contribution in [0.25, 0.3) is 0 Å². The van der Waals surface area contributed by atoms with Crippen molar-refractivity contribution in [2.24, 2.45) is 0 Å². The molecule has 0 N–H and O–H groups in total. The van der Waals surface area contributed by atoms with E-state index >= 15 is 0 Å². The highest BCUT2D eigenvalue weighted by atomic mass is 79.9. The van der Waals surface area contributed by atoms with Crippen molar-refractivity contribution in [3.8, 4) is 6.07 Å². The van der Waals surface area contributed by atoms with Crippen LogP contribution in [0.3, 0.4) is 0 Å². The van der Waals surface area contributed by atoms with Gasteiger partial charge < -0.3 is 0 Å². The molecule has 1 rings (SSSR count). The molecule has 1 aromatic heterocycles. The van der Waals surface area contributed by atoms with Crippen LogP contribution < -0.4 is 0 Å². The molecule has 0 spiro atoms. The Balaban J connectivity index is 2.80. The zero-order valence-corrected chi connectivity index (χ0v) is 8.66. The first-order valence-electron chi connectivity index (χ1n) is 3.87. The van der Waals surface area contributed by atoms with E-state index in [9.17, 15) is 0 Å². The summed E-state index contributed by atoms with van der Waals surface area (Å²) in [5.41, 5.74) is 0.936. The van der Waals surface area contributed by atoms with E-state index in [0.29, 0.717) is 6.42 Å². The minimum Gasteiger partial charge on any atom is -0.264 e. The summed E-state index contributed by atoms with van der Waals surface area (Å²) in [5, 5.41) is 8.89. The average Bonchev–Trinajstić information content (AvgIpc) is 2.15. The van der Waals surface area contributed by atoms with Gasteiger partial charge in [0.2, 0.25) is 0 Å². The van der Waals surface area contributed by atoms with Crippen molar-refractivity contribution < 1.29 is 0 Å². The van der Waals surface area contributed by atoms with Crippen LogP contribution in [0.1, 0.15) is 17.9 Å². The normalized spacial score (nSPS) is 11.7. The van der Waals surface area contributed by atoms with E-state index in [1.165, 1.54) is 0 Å². The number of hydrogen-bond donors (Lipinski definition) is 0. The third kappa shape index (κ3) is 3.00. The summed E-state index contributed by atoms with van der Waals surface area (Å²) >= 11 is 3.25. The Hall–Kier alpha value is -1.14. The van der Waals surface area contributed by atoms with E-state index in [-0.39, 0.29) is 5.92 Å². The fraction of sp³-hybridized carbons (Fsp3) is 0.200. The van der Waals surface area contributed by atoms with Gasteiger partial charge in [-0.1, -0.05) is 28.6 Å². The lowest BCUT2D eigenvalue weighted by molar-refractivity contribution is 0.865. The number of allylic oxidation sites excluding steroid dienone is 1. The van der Waals surface area contributed by atoms with Crippen molar-refractivity contribution in [3.63, 3.8) is 0 Å². The molecule has 0 amide bonds. The van der Waals surface area contributed by atoms with Gasteiger partial charge in [-0.05, 0) is 22.5 Å². The van der Waals surface area contributed by atoms with Gasteiger partial charge in [-0.3, -0.25) is 4.98 Å². The fourth-order valence-corrected chi connectivity index (χ4v) is 1.37. The lowest BCUT2D eigenvalue weighted by Crippen LogP contribution is -1.95. The quantitative estimate of drug-likeness (QED) is 0.810. The second-order valence-electron chi connectivity index (χ2n) is 2.69. The van der Waals surface area contributed by atoms with Gasteiger partial charge in [0.1, 0.15) is 0 Å². The topological polar surface area (TPSA) is 36.7 Å². The van der Waals surface area contributed by atoms with Crippen LogP contribution in [0.5, 0.6) is 0 Å². The van der Waals surface area contributed by atoms with Gasteiger partial charge in [-0.25, -0.2) is 0 Å². The Kier molecular flexibility index (Phi) is 3.66. The SMILES string of the molecule is C=C(Br)C[C@@H](C#N)c1cccnc1. The molecular weight excluding hydrogens is 228 g/mol. The molecule has 2 nitrogen and oxygen atoms in total. The number of nitriles is 1. The van der Waals surface area contributed by atoms with Crippen LogP contribution in [0.4, 0.5) is 0 Å². The molecule has 66 valence electrons. The van der Waals surface area contributed by atoms with Gasteiger partial charge in [0.25, 0.3) is 0 Å². The van der Waals surface area contributed by atoms with Crippen molar-refractivity contribution in [3.05, 3.63) is 41.2 Å². The largest absolute Gasteiger partial charge is 0.264 e. The van der Waals surface area contributed by atoms with Gasteiger partial charge in [0, 0.05) is 12.4 Å². The molecule has 0 aliphatic carbocycles. The van der Waals surface area contributed by atoms with Crippen LogP contribution in [0.2, 0.25) is 0 Å². The van der Waals surface area contributed by atoms with Crippen LogP contribution in [-0.2, 0) is 0 Å². The van der Waals surface area contributed by atoms with Gasteiger partial charge in [0.05, 0.1) is 12.0 Å². The highest BCUT2D eigenvalue weighted by Crippen LogP contribution is 2.23. The number of pyridine rings is 1. The Morgan fingerprint density at radius 1 is 1.77 bits per heavy atom. The predicted molar refractivity (Wildman–Crippen MR) is 55.3 cm³/mol. The monoisotopic (exact) mass is 236 g/mol. The third-order valence-electron chi connectivity index (χ3n) is 1.67. The lowest BCUT2D eigenvalue weighted by Gasteiger charge is -2.06. The minimum absolute atomic E-state index is 0.152. The summed E-state index contributed by atoms with van der Waals surface area (Å²) < 4.78 is 0.836. The number of rotatable bonds is 3. The smallest absolute Gasteiger partial charge is 0.0772 e. The van der Waals surface area contributed by atoms with E-state index in [4.69, 9.17) is 5.26 Å². The average molecular weight is 237 g/mol. The molecule has 0 fully saturated rings. The van der Waals surface area contributed by atoms with E-state index in [2.05, 4.69) is 33.6 Å². The maximum atomic E-state index is 8.89. The molecule has 0 aromatic carbocycles. The molecule has 0 aliphatic rings. The van der Waals surface area contributed by atoms with Gasteiger partial charge in [0.15, 0.2) is 0 Å². The van der Waals surface area contributed by atoms with Crippen LogP contribution >= 0.6 is 15.9 Å². The Morgan fingerprint density at radius 2 is 2.54 bits per heavy atom. The molecule has 0 saturated carbocycles. The Labute approximate surface area is 86.0 Å². The van der Waals surface area contributed by atoms with Gasteiger partial charge >= 0.3 is 0 Å². The molecule has 3 heteroatoms. The lowest BCUT2D eigenvalue weighted by atomic mass is 9.99. The van der Waals surface area contributed by atoms with Crippen molar-refractivity contribution >= 4 is 15.9 Å². The highest BCUT2D eigenvalue weighted by molar-refractivity contribution is 9.11. The summed E-state index contributed by atoms with van der Waals surface area (Å²) in [6, 6.07) is 5.95. The Morgan fingerprint density at radius 3 is 3.00 bits per heavy atom. The number of halogens is 1. The molecule has 1 aromatic rings. The first-order valence-corrected chi connectivity index (χ1v) is 4.66. The zero-order chi connectivity index (χ0) is 9.68. The van der Waals surface area contributed by atoms with Gasteiger partial charge in [-0.2, -0.15) is 5.26 Å². The summed E-state index contributed by atoms with van der Waals surface area (Å²) in [7, 11) is 0. The van der Waals surface area contributed by atoms with Crippen molar-refractivity contribution in [1.29, 1.82) is 5.26 Å². The Bertz CT molecular complexity index is 327. The predicted octanol–water partition coefficient (Wildman–Crippen LogP) is 2.99. The fourth-order valence-electron chi connectivity index (χ4n) is 1.04. The molecule has 0 saturated heterocycles. The molecule has 1 heterocycles. The minimum atomic E-state index is -0.152. The van der Waals surface area contributed by atoms with Gasteiger partial charge in [-0.15, -0.1) is 0 Å². The molecule has 0 unspecified atom stereocenters. The maximum Gasteiger partial charge on any atom is 0.0772 e. The van der Waals surface area contributed by atoms with Crippen LogP contribution in [-0.4, -0.2) is 4.98 Å². The molecule has 0 bridgehead atoms. The standard InChI is InChI=1S/C10H9BrN2/c1-8(11)5-10(6-12)9-3-2-4-13-7-9/h2-4,7,10H,1,5H2/t10-/m0/s1. The second-order valence-corrected chi connectivity index (χ2v) is 3.81. The maximum absolute atomic E-state index is 8.89. The van der Waals surface area contributed by atoms with Crippen molar-refractivity contribution in [1.82, 2.24) is 4.98 Å². The summed E-state index contributed by atoms with van der Waals surface area (Å²) in [4.78, 5) is 3.96. The number of nitrogens with zero attached hydrogens (tertiary/aromatic N) is 2. The van der Waals surface area contributed by atoms with E-state index in [1.54, 1.807) is 12.4 Å². The van der Waals surface area contributed by atoms with Crippen LogP contribution in [0, 0.1) is 11.3 Å². The van der Waals surface area contributed by atoms with E-state index in [1.807, 2.05) is 12.1 Å². The van der Waals surface area contributed by atoms with E-state index in [0.717, 1.165) is 10.0 Å². The molecule has 1 atom stereocenters. The van der Waals surface area contributed by atoms with Crippen molar-refractivity contribution in [2.45, 2.75) is 12.3 Å². The summed E-state index contributed by atoms with van der Waals surface area (Å²) in [5.74, 6) is -0.152. The molecular formula is C10H9BrN2. The molecule has 0 radical (unpaired) electrons. The zero-order valence-electron chi connectivity index (χ0n) is 7.07. The third-order valence-corrected chi connectivity index (χ3v) is 1.99. The first kappa shape index (κ1) is 9.94. The molecule has 0 aliphatic heterocycles. The first-order chi connectivity index (χ1) is 6.24. The highest BCUT2D eigenvalue weighted by Gasteiger charge is 2.10.